The van der Waals surface area contributed by atoms with Crippen LogP contribution in [0.3, 0.4) is 0 Å². The number of allylic oxidation sites excluding steroid dienone is 1. The second-order valence-electron chi connectivity index (χ2n) is 10.2. The molecule has 0 unspecified atom stereocenters. The summed E-state index contributed by atoms with van der Waals surface area (Å²) in [5.41, 5.74) is 2.84. The molecule has 0 spiro atoms. The van der Waals surface area contributed by atoms with E-state index in [0.29, 0.717) is 18.5 Å². The van der Waals surface area contributed by atoms with Gasteiger partial charge >= 0.3 is 6.03 Å². The van der Waals surface area contributed by atoms with Crippen LogP contribution in [-0.4, -0.2) is 76.6 Å². The topological polar surface area (TPSA) is 76.2 Å². The average molecular weight is 520 g/mol. The normalized spacial score (nSPS) is 21.8. The molecule has 2 heterocycles. The fraction of sp³-hybridized carbons (Fsp3) is 0.414. The van der Waals surface area contributed by atoms with E-state index in [1.165, 1.54) is 29.1 Å². The number of amides is 4. The molecule has 0 saturated carbocycles. The zero-order chi connectivity index (χ0) is 26.6. The largest absolute Gasteiger partial charge is 0.333 e. The molecule has 0 aromatic heterocycles. The van der Waals surface area contributed by atoms with Crippen molar-refractivity contribution in [3.8, 4) is 0 Å². The Bertz CT molecular complexity index is 1220. The van der Waals surface area contributed by atoms with Crippen molar-refractivity contribution in [1.82, 2.24) is 25.1 Å². The molecule has 2 saturated heterocycles. The molecule has 2 aliphatic heterocycles. The first-order valence-electron chi connectivity index (χ1n) is 13.2. The fourth-order valence-corrected chi connectivity index (χ4v) is 5.63. The van der Waals surface area contributed by atoms with Gasteiger partial charge in [-0.3, -0.25) is 14.6 Å². The van der Waals surface area contributed by atoms with Gasteiger partial charge in [-0.05, 0) is 48.9 Å². The maximum Gasteiger partial charge on any atom is 0.332 e. The molecule has 0 radical (unpaired) electrons. The lowest BCUT2D eigenvalue weighted by Crippen LogP contribution is -2.65. The van der Waals surface area contributed by atoms with Crippen LogP contribution in [0.5, 0.6) is 0 Å². The molecule has 1 N–H and O–H groups in total. The molecule has 1 aliphatic carbocycles. The van der Waals surface area contributed by atoms with Crippen LogP contribution in [0, 0.1) is 5.82 Å². The zero-order valence-corrected chi connectivity index (χ0v) is 21.7. The molecule has 9 heteroatoms. The summed E-state index contributed by atoms with van der Waals surface area (Å²) < 4.78 is 13.9. The predicted molar refractivity (Wildman–Crippen MR) is 141 cm³/mol. The van der Waals surface area contributed by atoms with Gasteiger partial charge in [-0.2, -0.15) is 5.01 Å². The fourth-order valence-electron chi connectivity index (χ4n) is 5.63. The number of fused-ring (bicyclic) bond motifs is 1. The predicted octanol–water partition coefficient (Wildman–Crippen LogP) is 3.31. The summed E-state index contributed by atoms with van der Waals surface area (Å²) >= 11 is 0. The highest BCUT2D eigenvalue weighted by Crippen LogP contribution is 2.30. The van der Waals surface area contributed by atoms with Gasteiger partial charge in [0.2, 0.25) is 11.8 Å². The Labute approximate surface area is 222 Å². The Kier molecular flexibility index (Phi) is 7.74. The van der Waals surface area contributed by atoms with Crippen LogP contribution < -0.4 is 5.32 Å². The number of urea groups is 1. The second kappa shape index (κ2) is 11.3. The molecule has 2 aromatic rings. The summed E-state index contributed by atoms with van der Waals surface area (Å²) in [5.74, 6) is -0.734. The number of carbonyl (C=O) groups is 3. The van der Waals surface area contributed by atoms with Crippen molar-refractivity contribution in [2.45, 2.75) is 50.9 Å². The number of piperazine rings is 1. The number of carbonyl (C=O) groups excluding carboxylic acids is 3. The molecule has 8 nitrogen and oxygen atoms in total. The van der Waals surface area contributed by atoms with Crippen molar-refractivity contribution >= 4 is 17.8 Å². The number of nitrogens with one attached hydrogen (secondary N) is 1. The summed E-state index contributed by atoms with van der Waals surface area (Å²) in [5, 5.41) is 6.17. The van der Waals surface area contributed by atoms with Gasteiger partial charge in [-0.25, -0.2) is 9.18 Å². The number of hydrogen-bond acceptors (Lipinski definition) is 4. The van der Waals surface area contributed by atoms with E-state index in [1.807, 2.05) is 30.3 Å². The molecule has 4 amide bonds. The van der Waals surface area contributed by atoms with Gasteiger partial charge in [0.15, 0.2) is 0 Å². The van der Waals surface area contributed by atoms with Gasteiger partial charge in [0.1, 0.15) is 18.0 Å². The zero-order valence-electron chi connectivity index (χ0n) is 21.7. The van der Waals surface area contributed by atoms with Crippen LogP contribution >= 0.6 is 0 Å². The third kappa shape index (κ3) is 5.57. The Morgan fingerprint density at radius 1 is 1.08 bits per heavy atom. The molecule has 2 atom stereocenters. The summed E-state index contributed by atoms with van der Waals surface area (Å²) in [4.78, 5) is 43.4. The molecule has 0 bridgehead atoms. The van der Waals surface area contributed by atoms with Crippen molar-refractivity contribution in [2.75, 3.05) is 26.7 Å². The lowest BCUT2D eigenvalue weighted by atomic mass is 10.00. The second-order valence-corrected chi connectivity index (χ2v) is 10.2. The molecular weight excluding hydrogens is 485 g/mol. The minimum absolute atomic E-state index is 0.00363. The van der Waals surface area contributed by atoms with E-state index in [4.69, 9.17) is 0 Å². The average Bonchev–Trinajstić information content (AvgIpc) is 3.26. The molecular formula is C29H34FN5O3. The first kappa shape index (κ1) is 25.9. The lowest BCUT2D eigenvalue weighted by molar-refractivity contribution is -0.157. The summed E-state index contributed by atoms with van der Waals surface area (Å²) in [6.45, 7) is 0.928. The van der Waals surface area contributed by atoms with E-state index in [-0.39, 0.29) is 43.3 Å². The highest BCUT2D eigenvalue weighted by atomic mass is 19.1. The first-order chi connectivity index (χ1) is 18.4. The molecule has 3 aliphatic rings. The standard InChI is InChI=1S/C29H34FN5O3/c1-32(29(38)31-17-22-11-6-3-7-12-22)34-20-27(36)35-25(16-21-9-4-2-5-10-21)28(37)33(19-26(34)35)18-23-13-8-14-24(30)15-23/h2,4-5,8-11,13-15,25-26H,3,6-7,12,16-20H2,1H3,(H,31,38)/t25-,26+/m0/s1. The number of hydrazine groups is 1. The minimum atomic E-state index is -0.717. The number of nitrogens with zero attached hydrogens (tertiary/aromatic N) is 4. The van der Waals surface area contributed by atoms with Crippen LogP contribution in [0.25, 0.3) is 0 Å². The van der Waals surface area contributed by atoms with Gasteiger partial charge in [-0.1, -0.05) is 54.1 Å². The Balaban J connectivity index is 1.37. The first-order valence-corrected chi connectivity index (χ1v) is 13.2. The van der Waals surface area contributed by atoms with Gasteiger partial charge in [0.05, 0.1) is 13.1 Å². The smallest absolute Gasteiger partial charge is 0.332 e. The maximum absolute atomic E-state index is 13.9. The van der Waals surface area contributed by atoms with Crippen molar-refractivity contribution in [1.29, 1.82) is 0 Å². The molecule has 38 heavy (non-hydrogen) atoms. The number of halogens is 1. The SMILES string of the molecule is CN(C(=O)NCC1=CCCCC1)N1CC(=O)N2[C@@H](Cc3ccccc3)C(=O)N(Cc3cccc(F)c3)C[C@@H]21. The molecule has 5 rings (SSSR count). The summed E-state index contributed by atoms with van der Waals surface area (Å²) in [7, 11) is 1.65. The summed E-state index contributed by atoms with van der Waals surface area (Å²) in [6.07, 6.45) is 6.38. The van der Waals surface area contributed by atoms with E-state index >= 15 is 0 Å². The Morgan fingerprint density at radius 3 is 2.61 bits per heavy atom. The van der Waals surface area contributed by atoms with E-state index in [2.05, 4.69) is 11.4 Å². The van der Waals surface area contributed by atoms with Gasteiger partial charge in [0, 0.05) is 26.6 Å². The van der Waals surface area contributed by atoms with Gasteiger partial charge < -0.3 is 15.1 Å². The molecule has 2 aromatic carbocycles. The van der Waals surface area contributed by atoms with Crippen LogP contribution in [0.2, 0.25) is 0 Å². The van der Waals surface area contributed by atoms with Crippen LogP contribution in [0.1, 0.15) is 36.8 Å². The van der Waals surface area contributed by atoms with Crippen molar-refractivity contribution in [3.05, 3.63) is 83.2 Å². The lowest BCUT2D eigenvalue weighted by Gasteiger charge is -2.45. The van der Waals surface area contributed by atoms with E-state index in [9.17, 15) is 18.8 Å². The number of rotatable bonds is 7. The van der Waals surface area contributed by atoms with Crippen LogP contribution in [0.15, 0.2) is 66.2 Å². The van der Waals surface area contributed by atoms with E-state index in [0.717, 1.165) is 24.8 Å². The Morgan fingerprint density at radius 2 is 1.87 bits per heavy atom. The molecule has 200 valence electrons. The van der Waals surface area contributed by atoms with E-state index in [1.54, 1.807) is 34.0 Å². The quantitative estimate of drug-likeness (QED) is 0.570. The van der Waals surface area contributed by atoms with Crippen molar-refractivity contribution in [2.24, 2.45) is 0 Å². The minimum Gasteiger partial charge on any atom is -0.333 e. The van der Waals surface area contributed by atoms with Gasteiger partial charge in [-0.15, -0.1) is 0 Å². The molecule has 2 fully saturated rings. The Hall–Kier alpha value is -3.72. The summed E-state index contributed by atoms with van der Waals surface area (Å²) in [6, 6.07) is 14.8. The van der Waals surface area contributed by atoms with Gasteiger partial charge in [0.25, 0.3) is 0 Å². The monoisotopic (exact) mass is 519 g/mol. The number of hydrogen-bond donors (Lipinski definition) is 1. The van der Waals surface area contributed by atoms with Crippen molar-refractivity contribution < 1.29 is 18.8 Å². The maximum atomic E-state index is 13.9. The third-order valence-electron chi connectivity index (χ3n) is 7.63. The number of benzene rings is 2. The van der Waals surface area contributed by atoms with E-state index < -0.39 is 12.2 Å². The van der Waals surface area contributed by atoms with Crippen LogP contribution in [-0.2, 0) is 22.6 Å². The van der Waals surface area contributed by atoms with Crippen LogP contribution in [0.4, 0.5) is 9.18 Å². The highest BCUT2D eigenvalue weighted by molar-refractivity contribution is 5.91. The third-order valence-corrected chi connectivity index (χ3v) is 7.63. The van der Waals surface area contributed by atoms with Crippen molar-refractivity contribution in [3.63, 3.8) is 0 Å². The highest BCUT2D eigenvalue weighted by Gasteiger charge is 2.51.